The van der Waals surface area contributed by atoms with Crippen LogP contribution in [0.3, 0.4) is 0 Å². The maximum absolute atomic E-state index is 5.68. The van der Waals surface area contributed by atoms with Crippen molar-refractivity contribution in [3.05, 3.63) is 29.8 Å². The molecule has 2 heteroatoms. The predicted molar refractivity (Wildman–Crippen MR) is 68.9 cm³/mol. The third-order valence-electron chi connectivity index (χ3n) is 2.43. The standard InChI is InChI=1S/C14H23NO/c1-5-9-15-12(4)13-7-6-8-14(10-13)16-11(2)3/h6-8,10-12,15H,5,9H2,1-4H3. The zero-order chi connectivity index (χ0) is 12.0. The molecule has 2 nitrogen and oxygen atoms in total. The van der Waals surface area contributed by atoms with Gasteiger partial charge in [-0.3, -0.25) is 0 Å². The first kappa shape index (κ1) is 13.0. The normalized spacial score (nSPS) is 12.8. The molecular formula is C14H23NO. The number of nitrogens with one attached hydrogen (secondary N) is 1. The second-order valence-electron chi connectivity index (χ2n) is 4.41. The van der Waals surface area contributed by atoms with Gasteiger partial charge in [0.2, 0.25) is 0 Å². The zero-order valence-electron chi connectivity index (χ0n) is 10.8. The Labute approximate surface area is 99.0 Å². The van der Waals surface area contributed by atoms with Crippen molar-refractivity contribution in [2.45, 2.75) is 46.3 Å². The Hall–Kier alpha value is -1.02. The lowest BCUT2D eigenvalue weighted by atomic mass is 10.1. The smallest absolute Gasteiger partial charge is 0.120 e. The van der Waals surface area contributed by atoms with Crippen molar-refractivity contribution in [1.82, 2.24) is 5.32 Å². The van der Waals surface area contributed by atoms with Crippen LogP contribution in [-0.2, 0) is 0 Å². The van der Waals surface area contributed by atoms with Gasteiger partial charge in [-0.05, 0) is 51.4 Å². The van der Waals surface area contributed by atoms with E-state index >= 15 is 0 Å². The van der Waals surface area contributed by atoms with Gasteiger partial charge in [-0.25, -0.2) is 0 Å². The summed E-state index contributed by atoms with van der Waals surface area (Å²) >= 11 is 0. The molecule has 0 aliphatic carbocycles. The predicted octanol–water partition coefficient (Wildman–Crippen LogP) is 3.53. The number of benzene rings is 1. The highest BCUT2D eigenvalue weighted by atomic mass is 16.5. The Bertz CT molecular complexity index is 309. The minimum atomic E-state index is 0.231. The van der Waals surface area contributed by atoms with Crippen LogP contribution in [0.1, 0.15) is 45.7 Å². The van der Waals surface area contributed by atoms with Crippen molar-refractivity contribution < 1.29 is 4.74 Å². The van der Waals surface area contributed by atoms with Gasteiger partial charge in [0.15, 0.2) is 0 Å². The van der Waals surface area contributed by atoms with Crippen LogP contribution < -0.4 is 10.1 Å². The highest BCUT2D eigenvalue weighted by Crippen LogP contribution is 2.19. The molecule has 16 heavy (non-hydrogen) atoms. The first-order chi connectivity index (χ1) is 7.63. The summed E-state index contributed by atoms with van der Waals surface area (Å²) in [4.78, 5) is 0. The molecule has 0 amide bonds. The molecule has 1 rings (SSSR count). The maximum Gasteiger partial charge on any atom is 0.120 e. The van der Waals surface area contributed by atoms with E-state index in [1.165, 1.54) is 5.56 Å². The van der Waals surface area contributed by atoms with Gasteiger partial charge in [-0.2, -0.15) is 0 Å². The molecule has 0 bridgehead atoms. The van der Waals surface area contributed by atoms with Gasteiger partial charge in [-0.1, -0.05) is 19.1 Å². The monoisotopic (exact) mass is 221 g/mol. The summed E-state index contributed by atoms with van der Waals surface area (Å²) in [7, 11) is 0. The molecular weight excluding hydrogens is 198 g/mol. The quantitative estimate of drug-likeness (QED) is 0.793. The van der Waals surface area contributed by atoms with Crippen molar-refractivity contribution in [2.24, 2.45) is 0 Å². The van der Waals surface area contributed by atoms with Crippen LogP contribution >= 0.6 is 0 Å². The van der Waals surface area contributed by atoms with Crippen LogP contribution in [0, 0.1) is 0 Å². The van der Waals surface area contributed by atoms with E-state index in [-0.39, 0.29) is 6.10 Å². The Balaban J connectivity index is 2.65. The van der Waals surface area contributed by atoms with Crippen molar-refractivity contribution in [3.8, 4) is 5.75 Å². The largest absolute Gasteiger partial charge is 0.491 e. The van der Waals surface area contributed by atoms with E-state index in [1.807, 2.05) is 19.9 Å². The van der Waals surface area contributed by atoms with E-state index in [2.05, 4.69) is 37.4 Å². The molecule has 1 atom stereocenters. The zero-order valence-corrected chi connectivity index (χ0v) is 10.8. The second kappa shape index (κ2) is 6.54. The topological polar surface area (TPSA) is 21.3 Å². The molecule has 0 aliphatic heterocycles. The van der Waals surface area contributed by atoms with E-state index in [9.17, 15) is 0 Å². The van der Waals surface area contributed by atoms with Crippen molar-refractivity contribution in [2.75, 3.05) is 6.54 Å². The molecule has 0 spiro atoms. The van der Waals surface area contributed by atoms with Crippen molar-refractivity contribution >= 4 is 0 Å². The lowest BCUT2D eigenvalue weighted by Gasteiger charge is -2.16. The molecule has 1 N–H and O–H groups in total. The number of hydrogen-bond donors (Lipinski definition) is 1. The van der Waals surface area contributed by atoms with E-state index in [4.69, 9.17) is 4.74 Å². The number of ether oxygens (including phenoxy) is 1. The van der Waals surface area contributed by atoms with E-state index < -0.39 is 0 Å². The minimum Gasteiger partial charge on any atom is -0.491 e. The summed E-state index contributed by atoms with van der Waals surface area (Å²) in [5.41, 5.74) is 1.28. The first-order valence-corrected chi connectivity index (χ1v) is 6.13. The van der Waals surface area contributed by atoms with Crippen molar-refractivity contribution in [1.29, 1.82) is 0 Å². The summed E-state index contributed by atoms with van der Waals surface area (Å²) in [6, 6.07) is 8.71. The average molecular weight is 221 g/mol. The van der Waals surface area contributed by atoms with Crippen LogP contribution in [0.2, 0.25) is 0 Å². The van der Waals surface area contributed by atoms with E-state index in [0.29, 0.717) is 6.04 Å². The minimum absolute atomic E-state index is 0.231. The molecule has 1 unspecified atom stereocenters. The van der Waals surface area contributed by atoms with Crippen LogP contribution in [0.4, 0.5) is 0 Å². The van der Waals surface area contributed by atoms with Gasteiger partial charge in [0, 0.05) is 6.04 Å². The summed E-state index contributed by atoms with van der Waals surface area (Å²) in [6.45, 7) is 9.51. The molecule has 0 aliphatic rings. The van der Waals surface area contributed by atoms with Crippen LogP contribution in [-0.4, -0.2) is 12.6 Å². The van der Waals surface area contributed by atoms with Crippen LogP contribution in [0.25, 0.3) is 0 Å². The molecule has 0 radical (unpaired) electrons. The lowest BCUT2D eigenvalue weighted by molar-refractivity contribution is 0.242. The SMILES string of the molecule is CCCNC(C)c1cccc(OC(C)C)c1. The molecule has 90 valence electrons. The Morgan fingerprint density at radius 2 is 2.00 bits per heavy atom. The summed E-state index contributed by atoms with van der Waals surface area (Å²) in [5, 5.41) is 3.47. The molecule has 0 fully saturated rings. The number of hydrogen-bond acceptors (Lipinski definition) is 2. The molecule has 0 aromatic heterocycles. The van der Waals surface area contributed by atoms with Gasteiger partial charge in [0.05, 0.1) is 6.10 Å². The Kier molecular flexibility index (Phi) is 5.33. The molecule has 1 aromatic rings. The average Bonchev–Trinajstić information content (AvgIpc) is 2.25. The summed E-state index contributed by atoms with van der Waals surface area (Å²) in [6.07, 6.45) is 1.39. The fourth-order valence-corrected chi connectivity index (χ4v) is 1.61. The summed E-state index contributed by atoms with van der Waals surface area (Å²) in [5.74, 6) is 0.956. The molecule has 0 heterocycles. The third-order valence-corrected chi connectivity index (χ3v) is 2.43. The summed E-state index contributed by atoms with van der Waals surface area (Å²) < 4.78 is 5.68. The Morgan fingerprint density at radius 3 is 2.62 bits per heavy atom. The highest BCUT2D eigenvalue weighted by molar-refractivity contribution is 5.30. The van der Waals surface area contributed by atoms with Gasteiger partial charge in [0.1, 0.15) is 5.75 Å². The van der Waals surface area contributed by atoms with E-state index in [0.717, 1.165) is 18.7 Å². The fourth-order valence-electron chi connectivity index (χ4n) is 1.61. The molecule has 0 saturated carbocycles. The van der Waals surface area contributed by atoms with Gasteiger partial charge in [0.25, 0.3) is 0 Å². The van der Waals surface area contributed by atoms with Crippen LogP contribution in [0.15, 0.2) is 24.3 Å². The van der Waals surface area contributed by atoms with Crippen molar-refractivity contribution in [3.63, 3.8) is 0 Å². The lowest BCUT2D eigenvalue weighted by Crippen LogP contribution is -2.19. The third kappa shape index (κ3) is 4.23. The van der Waals surface area contributed by atoms with Gasteiger partial charge < -0.3 is 10.1 Å². The van der Waals surface area contributed by atoms with E-state index in [1.54, 1.807) is 0 Å². The van der Waals surface area contributed by atoms with Crippen LogP contribution in [0.5, 0.6) is 5.75 Å². The molecule has 1 aromatic carbocycles. The maximum atomic E-state index is 5.68. The van der Waals surface area contributed by atoms with Gasteiger partial charge in [-0.15, -0.1) is 0 Å². The number of rotatable bonds is 6. The fraction of sp³-hybridized carbons (Fsp3) is 0.571. The second-order valence-corrected chi connectivity index (χ2v) is 4.41. The molecule has 0 saturated heterocycles. The first-order valence-electron chi connectivity index (χ1n) is 6.13. The highest BCUT2D eigenvalue weighted by Gasteiger charge is 2.05. The van der Waals surface area contributed by atoms with Gasteiger partial charge >= 0.3 is 0 Å². The Morgan fingerprint density at radius 1 is 1.25 bits per heavy atom.